The van der Waals surface area contributed by atoms with E-state index in [1.165, 1.54) is 38.5 Å². The van der Waals surface area contributed by atoms with Gasteiger partial charge in [0.05, 0.1) is 18.4 Å². The third-order valence-electron chi connectivity index (χ3n) is 5.92. The van der Waals surface area contributed by atoms with Crippen molar-refractivity contribution in [1.82, 2.24) is 4.98 Å². The molecule has 1 heterocycles. The zero-order valence-corrected chi connectivity index (χ0v) is 20.6. The first-order chi connectivity index (χ1) is 16.2. The minimum absolute atomic E-state index is 0.248. The fourth-order valence-corrected chi connectivity index (χ4v) is 3.88. The van der Waals surface area contributed by atoms with Gasteiger partial charge in [0.25, 0.3) is 0 Å². The average molecular weight is 446 g/mol. The van der Waals surface area contributed by atoms with Gasteiger partial charge < -0.3 is 9.47 Å². The smallest absolute Gasteiger partial charge is 0.119 e. The van der Waals surface area contributed by atoms with Crippen LogP contribution in [0, 0.1) is 0 Å². The van der Waals surface area contributed by atoms with E-state index >= 15 is 0 Å². The van der Waals surface area contributed by atoms with Crippen LogP contribution in [-0.2, 0) is 0 Å². The zero-order valence-electron chi connectivity index (χ0n) is 20.6. The molecular weight excluding hydrogens is 406 g/mol. The van der Waals surface area contributed by atoms with Crippen molar-refractivity contribution in [3.05, 3.63) is 66.9 Å². The normalized spacial score (nSPS) is 11.8. The van der Waals surface area contributed by atoms with E-state index in [2.05, 4.69) is 57.2 Å². The molecule has 33 heavy (non-hydrogen) atoms. The number of ether oxygens (including phenoxy) is 2. The van der Waals surface area contributed by atoms with Gasteiger partial charge in [-0.05, 0) is 74.2 Å². The lowest BCUT2D eigenvalue weighted by molar-refractivity contribution is 0.206. The van der Waals surface area contributed by atoms with Crippen LogP contribution in [0.25, 0.3) is 22.4 Å². The standard InChI is InChI=1S/C30H39NO2/c1-4-6-8-9-11-24(3)33-29-19-14-26(15-20-29)30-21-16-27(23-31-30)25-12-17-28(18-13-25)32-22-10-7-5-2/h12-21,23-24H,4-11,22H2,1-3H3. The molecule has 3 heteroatoms. The molecule has 0 fully saturated rings. The van der Waals surface area contributed by atoms with Crippen LogP contribution in [0.5, 0.6) is 11.5 Å². The number of hydrogen-bond donors (Lipinski definition) is 0. The Kier molecular flexibility index (Phi) is 10.3. The Hall–Kier alpha value is -2.81. The minimum Gasteiger partial charge on any atom is -0.494 e. The number of benzene rings is 2. The fraction of sp³-hybridized carbons (Fsp3) is 0.433. The molecule has 0 amide bonds. The number of hydrogen-bond acceptors (Lipinski definition) is 3. The predicted molar refractivity (Wildman–Crippen MR) is 139 cm³/mol. The highest BCUT2D eigenvalue weighted by molar-refractivity contribution is 5.67. The number of unbranched alkanes of at least 4 members (excludes halogenated alkanes) is 5. The molecule has 0 aliphatic carbocycles. The molecule has 0 bridgehead atoms. The van der Waals surface area contributed by atoms with Crippen molar-refractivity contribution in [3.8, 4) is 33.9 Å². The lowest BCUT2D eigenvalue weighted by Crippen LogP contribution is -2.11. The number of rotatable bonds is 14. The molecule has 0 saturated heterocycles. The molecule has 0 aliphatic rings. The van der Waals surface area contributed by atoms with Gasteiger partial charge in [-0.15, -0.1) is 0 Å². The van der Waals surface area contributed by atoms with Gasteiger partial charge in [0.15, 0.2) is 0 Å². The predicted octanol–water partition coefficient (Wildman–Crippen LogP) is 8.72. The van der Waals surface area contributed by atoms with E-state index in [0.717, 1.165) is 53.3 Å². The maximum absolute atomic E-state index is 6.08. The van der Waals surface area contributed by atoms with Gasteiger partial charge in [0.1, 0.15) is 11.5 Å². The topological polar surface area (TPSA) is 31.4 Å². The Balaban J connectivity index is 1.53. The molecule has 0 aliphatic heterocycles. The highest BCUT2D eigenvalue weighted by Gasteiger charge is 2.06. The van der Waals surface area contributed by atoms with Gasteiger partial charge in [-0.2, -0.15) is 0 Å². The fourth-order valence-electron chi connectivity index (χ4n) is 3.88. The summed E-state index contributed by atoms with van der Waals surface area (Å²) in [6.07, 6.45) is 11.9. The molecule has 3 aromatic rings. The van der Waals surface area contributed by atoms with E-state index in [0.29, 0.717) is 0 Å². The average Bonchev–Trinajstić information content (AvgIpc) is 2.86. The van der Waals surface area contributed by atoms with Crippen molar-refractivity contribution in [1.29, 1.82) is 0 Å². The van der Waals surface area contributed by atoms with Crippen molar-refractivity contribution >= 4 is 0 Å². The lowest BCUT2D eigenvalue weighted by Gasteiger charge is -2.15. The van der Waals surface area contributed by atoms with Crippen molar-refractivity contribution in [2.24, 2.45) is 0 Å². The van der Waals surface area contributed by atoms with Crippen LogP contribution in [-0.4, -0.2) is 17.7 Å². The van der Waals surface area contributed by atoms with Crippen molar-refractivity contribution in [2.45, 2.75) is 78.2 Å². The number of pyridine rings is 1. The summed E-state index contributed by atoms with van der Waals surface area (Å²) in [5, 5.41) is 0. The Bertz CT molecular complexity index is 917. The highest BCUT2D eigenvalue weighted by atomic mass is 16.5. The second-order valence-corrected chi connectivity index (χ2v) is 8.81. The van der Waals surface area contributed by atoms with Gasteiger partial charge >= 0.3 is 0 Å². The molecule has 2 aromatic carbocycles. The summed E-state index contributed by atoms with van der Waals surface area (Å²) in [4.78, 5) is 4.69. The van der Waals surface area contributed by atoms with Crippen LogP contribution < -0.4 is 9.47 Å². The minimum atomic E-state index is 0.248. The molecular formula is C30H39NO2. The summed E-state index contributed by atoms with van der Waals surface area (Å²) in [7, 11) is 0. The first kappa shape index (κ1) is 24.8. The van der Waals surface area contributed by atoms with E-state index < -0.39 is 0 Å². The lowest BCUT2D eigenvalue weighted by atomic mass is 10.1. The molecule has 1 unspecified atom stereocenters. The Labute approximate surface area is 200 Å². The molecule has 0 radical (unpaired) electrons. The van der Waals surface area contributed by atoms with Crippen LogP contribution in [0.15, 0.2) is 66.9 Å². The molecule has 176 valence electrons. The summed E-state index contributed by atoms with van der Waals surface area (Å²) in [6.45, 7) is 7.39. The first-order valence-electron chi connectivity index (χ1n) is 12.7. The molecule has 1 atom stereocenters. The second kappa shape index (κ2) is 13.7. The van der Waals surface area contributed by atoms with E-state index in [4.69, 9.17) is 14.5 Å². The van der Waals surface area contributed by atoms with Gasteiger partial charge in [-0.3, -0.25) is 4.98 Å². The van der Waals surface area contributed by atoms with E-state index in [1.54, 1.807) is 0 Å². The highest BCUT2D eigenvalue weighted by Crippen LogP contribution is 2.26. The summed E-state index contributed by atoms with van der Waals surface area (Å²) in [5.41, 5.74) is 4.31. The Morgan fingerprint density at radius 3 is 1.97 bits per heavy atom. The van der Waals surface area contributed by atoms with Crippen LogP contribution in [0.2, 0.25) is 0 Å². The largest absolute Gasteiger partial charge is 0.494 e. The van der Waals surface area contributed by atoms with Crippen LogP contribution >= 0.6 is 0 Å². The molecule has 1 aromatic heterocycles. The number of aromatic nitrogens is 1. The zero-order chi connectivity index (χ0) is 23.3. The van der Waals surface area contributed by atoms with Crippen molar-refractivity contribution in [3.63, 3.8) is 0 Å². The maximum atomic E-state index is 6.08. The van der Waals surface area contributed by atoms with Gasteiger partial charge in [0, 0.05) is 17.3 Å². The Morgan fingerprint density at radius 1 is 0.667 bits per heavy atom. The Morgan fingerprint density at radius 2 is 1.30 bits per heavy atom. The SMILES string of the molecule is CCCCCCC(C)Oc1ccc(-c2ccc(-c3ccc(OCCCCC)cc3)cn2)cc1. The van der Waals surface area contributed by atoms with Gasteiger partial charge in [-0.1, -0.05) is 64.2 Å². The van der Waals surface area contributed by atoms with E-state index in [9.17, 15) is 0 Å². The summed E-state index contributed by atoms with van der Waals surface area (Å²) < 4.78 is 11.9. The molecule has 0 spiro atoms. The molecule has 0 saturated carbocycles. The van der Waals surface area contributed by atoms with Crippen LogP contribution in [0.3, 0.4) is 0 Å². The van der Waals surface area contributed by atoms with Crippen LogP contribution in [0.4, 0.5) is 0 Å². The van der Waals surface area contributed by atoms with Gasteiger partial charge in [0.2, 0.25) is 0 Å². The number of nitrogens with zero attached hydrogens (tertiary/aromatic N) is 1. The van der Waals surface area contributed by atoms with Crippen LogP contribution in [0.1, 0.15) is 72.1 Å². The molecule has 0 N–H and O–H groups in total. The summed E-state index contributed by atoms with van der Waals surface area (Å²) in [6, 6.07) is 20.8. The maximum Gasteiger partial charge on any atom is 0.119 e. The van der Waals surface area contributed by atoms with Gasteiger partial charge in [-0.25, -0.2) is 0 Å². The monoisotopic (exact) mass is 445 g/mol. The second-order valence-electron chi connectivity index (χ2n) is 8.81. The van der Waals surface area contributed by atoms with Crippen molar-refractivity contribution in [2.75, 3.05) is 6.61 Å². The molecule has 3 rings (SSSR count). The summed E-state index contributed by atoms with van der Waals surface area (Å²) >= 11 is 0. The first-order valence-corrected chi connectivity index (χ1v) is 12.7. The quantitative estimate of drug-likeness (QED) is 0.232. The third kappa shape index (κ3) is 8.24. The summed E-state index contributed by atoms with van der Waals surface area (Å²) in [5.74, 6) is 1.85. The van der Waals surface area contributed by atoms with Crippen molar-refractivity contribution < 1.29 is 9.47 Å². The van der Waals surface area contributed by atoms with E-state index in [-0.39, 0.29) is 6.10 Å². The third-order valence-corrected chi connectivity index (χ3v) is 5.92. The van der Waals surface area contributed by atoms with E-state index in [1.807, 2.05) is 30.5 Å². The molecule has 3 nitrogen and oxygen atoms in total.